The number of piperidine rings is 1. The van der Waals surface area contributed by atoms with Crippen LogP contribution in [0.4, 0.5) is 0 Å². The second kappa shape index (κ2) is 6.39. The molecule has 17 heavy (non-hydrogen) atoms. The lowest BCUT2D eigenvalue weighted by Crippen LogP contribution is -2.47. The Bertz CT molecular complexity index is 249. The summed E-state index contributed by atoms with van der Waals surface area (Å²) < 4.78 is 0. The lowest BCUT2D eigenvalue weighted by Gasteiger charge is -2.30. The lowest BCUT2D eigenvalue weighted by atomic mass is 9.92. The van der Waals surface area contributed by atoms with Gasteiger partial charge >= 0.3 is 0 Å². The highest BCUT2D eigenvalue weighted by atomic mass is 16.1. The monoisotopic (exact) mass is 238 g/mol. The first kappa shape index (κ1) is 12.9. The van der Waals surface area contributed by atoms with Gasteiger partial charge in [-0.05, 0) is 44.1 Å². The van der Waals surface area contributed by atoms with Crippen molar-refractivity contribution in [1.29, 1.82) is 0 Å². The van der Waals surface area contributed by atoms with E-state index in [0.29, 0.717) is 17.9 Å². The fourth-order valence-electron chi connectivity index (χ4n) is 3.16. The van der Waals surface area contributed by atoms with Gasteiger partial charge in [-0.25, -0.2) is 0 Å². The Hall–Kier alpha value is -0.570. The SMILES string of the molecule is CC1CCCNC1CNC(=O)CC1CCCC1. The maximum absolute atomic E-state index is 11.8. The van der Waals surface area contributed by atoms with Crippen LogP contribution in [-0.4, -0.2) is 25.0 Å². The summed E-state index contributed by atoms with van der Waals surface area (Å²) in [6, 6.07) is 0.483. The summed E-state index contributed by atoms with van der Waals surface area (Å²) in [6.07, 6.45) is 8.46. The molecule has 2 rings (SSSR count). The average Bonchev–Trinajstić information content (AvgIpc) is 2.81. The Balaban J connectivity index is 1.64. The highest BCUT2D eigenvalue weighted by Gasteiger charge is 2.22. The van der Waals surface area contributed by atoms with Gasteiger partial charge in [0, 0.05) is 19.0 Å². The summed E-state index contributed by atoms with van der Waals surface area (Å²) in [5, 5.41) is 6.61. The van der Waals surface area contributed by atoms with Crippen molar-refractivity contribution in [3.63, 3.8) is 0 Å². The minimum atomic E-state index is 0.261. The van der Waals surface area contributed by atoms with Crippen molar-refractivity contribution in [3.8, 4) is 0 Å². The topological polar surface area (TPSA) is 41.1 Å². The molecule has 0 bridgehead atoms. The van der Waals surface area contributed by atoms with Crippen LogP contribution in [0.2, 0.25) is 0 Å². The van der Waals surface area contributed by atoms with Crippen LogP contribution < -0.4 is 10.6 Å². The van der Waals surface area contributed by atoms with Crippen LogP contribution in [0.3, 0.4) is 0 Å². The molecule has 1 heterocycles. The molecule has 0 spiro atoms. The van der Waals surface area contributed by atoms with Gasteiger partial charge in [-0.2, -0.15) is 0 Å². The highest BCUT2D eigenvalue weighted by molar-refractivity contribution is 5.76. The zero-order valence-electron chi connectivity index (χ0n) is 11.0. The molecule has 1 saturated heterocycles. The molecule has 0 radical (unpaired) electrons. The van der Waals surface area contributed by atoms with Gasteiger partial charge in [-0.15, -0.1) is 0 Å². The molecule has 3 nitrogen and oxygen atoms in total. The summed E-state index contributed by atoms with van der Waals surface area (Å²) in [5.74, 6) is 1.61. The van der Waals surface area contributed by atoms with Gasteiger partial charge in [-0.1, -0.05) is 19.8 Å². The van der Waals surface area contributed by atoms with Gasteiger partial charge in [0.05, 0.1) is 0 Å². The van der Waals surface area contributed by atoms with E-state index in [1.54, 1.807) is 0 Å². The number of hydrogen-bond donors (Lipinski definition) is 2. The van der Waals surface area contributed by atoms with E-state index in [2.05, 4.69) is 17.6 Å². The van der Waals surface area contributed by atoms with Gasteiger partial charge < -0.3 is 10.6 Å². The predicted octanol–water partition coefficient (Wildman–Crippen LogP) is 2.07. The van der Waals surface area contributed by atoms with E-state index in [9.17, 15) is 4.79 Å². The van der Waals surface area contributed by atoms with Gasteiger partial charge in [0.15, 0.2) is 0 Å². The third kappa shape index (κ3) is 3.98. The van der Waals surface area contributed by atoms with Crippen molar-refractivity contribution in [1.82, 2.24) is 10.6 Å². The molecule has 2 aliphatic rings. The summed E-state index contributed by atoms with van der Waals surface area (Å²) in [5.41, 5.74) is 0. The van der Waals surface area contributed by atoms with Crippen LogP contribution >= 0.6 is 0 Å². The van der Waals surface area contributed by atoms with Crippen LogP contribution in [0.15, 0.2) is 0 Å². The first-order valence-corrected chi connectivity index (χ1v) is 7.26. The fraction of sp³-hybridized carbons (Fsp3) is 0.929. The Kier molecular flexibility index (Phi) is 4.84. The van der Waals surface area contributed by atoms with E-state index in [1.807, 2.05) is 0 Å². The Morgan fingerprint density at radius 2 is 2.00 bits per heavy atom. The van der Waals surface area contributed by atoms with Gasteiger partial charge in [0.1, 0.15) is 0 Å². The summed E-state index contributed by atoms with van der Waals surface area (Å²) >= 11 is 0. The summed E-state index contributed by atoms with van der Waals surface area (Å²) in [6.45, 7) is 4.19. The Labute approximate surface area is 105 Å². The quantitative estimate of drug-likeness (QED) is 0.787. The molecular formula is C14H26N2O. The minimum absolute atomic E-state index is 0.261. The van der Waals surface area contributed by atoms with E-state index in [1.165, 1.54) is 38.5 Å². The van der Waals surface area contributed by atoms with E-state index in [0.717, 1.165) is 19.5 Å². The first-order chi connectivity index (χ1) is 8.25. The van der Waals surface area contributed by atoms with Crippen LogP contribution in [0.1, 0.15) is 51.9 Å². The van der Waals surface area contributed by atoms with Crippen LogP contribution in [0.5, 0.6) is 0 Å². The van der Waals surface area contributed by atoms with Crippen LogP contribution in [0.25, 0.3) is 0 Å². The second-order valence-corrected chi connectivity index (χ2v) is 5.84. The molecule has 2 N–H and O–H groups in total. The van der Waals surface area contributed by atoms with E-state index in [-0.39, 0.29) is 5.91 Å². The molecule has 2 fully saturated rings. The van der Waals surface area contributed by atoms with Gasteiger partial charge in [0.2, 0.25) is 5.91 Å². The Morgan fingerprint density at radius 1 is 1.24 bits per heavy atom. The zero-order valence-corrected chi connectivity index (χ0v) is 11.0. The molecular weight excluding hydrogens is 212 g/mol. The second-order valence-electron chi connectivity index (χ2n) is 5.84. The standard InChI is InChI=1S/C14H26N2O/c1-11-5-4-8-15-13(11)10-16-14(17)9-12-6-2-3-7-12/h11-13,15H,2-10H2,1H3,(H,16,17). The van der Waals surface area contributed by atoms with E-state index >= 15 is 0 Å². The molecule has 0 aromatic carbocycles. The zero-order chi connectivity index (χ0) is 12.1. The lowest BCUT2D eigenvalue weighted by molar-refractivity contribution is -0.122. The summed E-state index contributed by atoms with van der Waals surface area (Å²) in [4.78, 5) is 11.8. The van der Waals surface area contributed by atoms with Crippen molar-refractivity contribution >= 4 is 5.91 Å². The highest BCUT2D eigenvalue weighted by Crippen LogP contribution is 2.27. The molecule has 0 aromatic heterocycles. The van der Waals surface area contributed by atoms with Crippen molar-refractivity contribution in [3.05, 3.63) is 0 Å². The molecule has 2 atom stereocenters. The number of rotatable bonds is 4. The molecule has 1 amide bonds. The van der Waals surface area contributed by atoms with Gasteiger partial charge in [-0.3, -0.25) is 4.79 Å². The minimum Gasteiger partial charge on any atom is -0.355 e. The van der Waals surface area contributed by atoms with E-state index < -0.39 is 0 Å². The smallest absolute Gasteiger partial charge is 0.220 e. The number of hydrogen-bond acceptors (Lipinski definition) is 2. The molecule has 1 aliphatic carbocycles. The summed E-state index contributed by atoms with van der Waals surface area (Å²) in [7, 11) is 0. The maximum atomic E-state index is 11.8. The first-order valence-electron chi connectivity index (χ1n) is 7.26. The Morgan fingerprint density at radius 3 is 2.71 bits per heavy atom. The predicted molar refractivity (Wildman–Crippen MR) is 69.8 cm³/mol. The molecule has 3 heteroatoms. The average molecular weight is 238 g/mol. The molecule has 0 aromatic rings. The van der Waals surface area contributed by atoms with Crippen molar-refractivity contribution in [2.75, 3.05) is 13.1 Å². The third-order valence-corrected chi connectivity index (χ3v) is 4.40. The maximum Gasteiger partial charge on any atom is 0.220 e. The number of carbonyl (C=O) groups is 1. The van der Waals surface area contributed by atoms with Gasteiger partial charge in [0.25, 0.3) is 0 Å². The largest absolute Gasteiger partial charge is 0.355 e. The number of nitrogens with one attached hydrogen (secondary N) is 2. The van der Waals surface area contributed by atoms with Crippen molar-refractivity contribution < 1.29 is 4.79 Å². The normalized spacial score (nSPS) is 30.4. The molecule has 1 aliphatic heterocycles. The van der Waals surface area contributed by atoms with Crippen molar-refractivity contribution in [2.45, 2.75) is 57.9 Å². The van der Waals surface area contributed by atoms with Crippen molar-refractivity contribution in [2.24, 2.45) is 11.8 Å². The molecule has 1 saturated carbocycles. The van der Waals surface area contributed by atoms with Crippen LogP contribution in [0, 0.1) is 11.8 Å². The third-order valence-electron chi connectivity index (χ3n) is 4.40. The molecule has 2 unspecified atom stereocenters. The van der Waals surface area contributed by atoms with Crippen LogP contribution in [-0.2, 0) is 4.79 Å². The fourth-order valence-corrected chi connectivity index (χ4v) is 3.16. The number of amides is 1. The molecule has 98 valence electrons. The number of carbonyl (C=O) groups excluding carboxylic acids is 1. The van der Waals surface area contributed by atoms with E-state index in [4.69, 9.17) is 0 Å².